The van der Waals surface area contributed by atoms with E-state index in [1.54, 1.807) is 6.20 Å². The van der Waals surface area contributed by atoms with Gasteiger partial charge in [0.05, 0.1) is 11.9 Å². The number of nitrogens with zero attached hydrogens (tertiary/aromatic N) is 3. The van der Waals surface area contributed by atoms with Crippen LogP contribution in [0, 0.1) is 5.92 Å². The van der Waals surface area contributed by atoms with E-state index < -0.39 is 0 Å². The van der Waals surface area contributed by atoms with Crippen LogP contribution in [-0.4, -0.2) is 22.9 Å². The third kappa shape index (κ3) is 2.08. The molecule has 0 aliphatic carbocycles. The summed E-state index contributed by atoms with van der Waals surface area (Å²) in [5.41, 5.74) is 6.73. The summed E-state index contributed by atoms with van der Waals surface area (Å²) in [4.78, 5) is 2.37. The van der Waals surface area contributed by atoms with Crippen LogP contribution in [0.15, 0.2) is 6.20 Å². The standard InChI is InChI=1S/C11H20N4/c1-9-4-3-6-15(7-5-9)11-10(12)8-13-14(11)2/h8-9H,3-7,12H2,1-2H3. The van der Waals surface area contributed by atoms with Crippen molar-refractivity contribution in [1.29, 1.82) is 0 Å². The van der Waals surface area contributed by atoms with Gasteiger partial charge in [-0.2, -0.15) is 5.10 Å². The second-order valence-corrected chi connectivity index (χ2v) is 4.57. The van der Waals surface area contributed by atoms with Crippen molar-refractivity contribution < 1.29 is 0 Å². The summed E-state index contributed by atoms with van der Waals surface area (Å²) in [6, 6.07) is 0. The molecule has 2 rings (SSSR count). The van der Waals surface area contributed by atoms with E-state index in [0.29, 0.717) is 0 Å². The zero-order valence-electron chi connectivity index (χ0n) is 9.61. The third-order valence-corrected chi connectivity index (χ3v) is 3.25. The van der Waals surface area contributed by atoms with E-state index >= 15 is 0 Å². The molecular formula is C11H20N4. The highest BCUT2D eigenvalue weighted by atomic mass is 15.4. The first-order valence-electron chi connectivity index (χ1n) is 5.71. The number of aromatic nitrogens is 2. The smallest absolute Gasteiger partial charge is 0.150 e. The minimum Gasteiger partial charge on any atom is -0.394 e. The number of nitrogen functional groups attached to an aromatic ring is 1. The maximum absolute atomic E-state index is 5.93. The van der Waals surface area contributed by atoms with E-state index in [1.807, 2.05) is 11.7 Å². The zero-order valence-corrected chi connectivity index (χ0v) is 9.61. The topological polar surface area (TPSA) is 47.1 Å². The number of aryl methyl sites for hydroxylation is 1. The molecule has 4 nitrogen and oxygen atoms in total. The lowest BCUT2D eigenvalue weighted by molar-refractivity contribution is 0.520. The van der Waals surface area contributed by atoms with Gasteiger partial charge >= 0.3 is 0 Å². The molecule has 0 bridgehead atoms. The Bertz CT molecular complexity index is 312. The second kappa shape index (κ2) is 4.13. The molecule has 2 heterocycles. The summed E-state index contributed by atoms with van der Waals surface area (Å²) in [5.74, 6) is 1.92. The van der Waals surface area contributed by atoms with Crippen LogP contribution in [0.2, 0.25) is 0 Å². The molecule has 0 aromatic carbocycles. The maximum Gasteiger partial charge on any atom is 0.150 e. The largest absolute Gasteiger partial charge is 0.394 e. The van der Waals surface area contributed by atoms with Crippen LogP contribution in [0.1, 0.15) is 26.2 Å². The van der Waals surface area contributed by atoms with E-state index in [0.717, 1.165) is 30.5 Å². The maximum atomic E-state index is 5.93. The van der Waals surface area contributed by atoms with Gasteiger partial charge in [-0.3, -0.25) is 4.68 Å². The van der Waals surface area contributed by atoms with Crippen LogP contribution in [0.3, 0.4) is 0 Å². The van der Waals surface area contributed by atoms with Crippen molar-refractivity contribution in [3.63, 3.8) is 0 Å². The minimum atomic E-state index is 0.798. The predicted octanol–water partition coefficient (Wildman–Crippen LogP) is 1.63. The summed E-state index contributed by atoms with van der Waals surface area (Å²) in [6.07, 6.45) is 5.58. The molecule has 0 saturated carbocycles. The number of nitrogens with two attached hydrogens (primary N) is 1. The number of hydrogen-bond donors (Lipinski definition) is 1. The Morgan fingerprint density at radius 3 is 2.87 bits per heavy atom. The monoisotopic (exact) mass is 208 g/mol. The molecule has 0 radical (unpaired) electrons. The highest BCUT2D eigenvalue weighted by molar-refractivity contribution is 5.62. The van der Waals surface area contributed by atoms with Gasteiger partial charge in [0.1, 0.15) is 5.82 Å². The second-order valence-electron chi connectivity index (χ2n) is 4.57. The molecule has 2 N–H and O–H groups in total. The Morgan fingerprint density at radius 2 is 2.20 bits per heavy atom. The normalized spacial score (nSPS) is 22.8. The average molecular weight is 208 g/mol. The van der Waals surface area contributed by atoms with Gasteiger partial charge in [0.2, 0.25) is 0 Å². The van der Waals surface area contributed by atoms with Gasteiger partial charge in [-0.1, -0.05) is 6.92 Å². The molecule has 0 amide bonds. The fourth-order valence-electron chi connectivity index (χ4n) is 2.31. The number of anilines is 2. The molecule has 4 heteroatoms. The summed E-state index contributed by atoms with van der Waals surface area (Å²) in [7, 11) is 1.96. The Kier molecular flexibility index (Phi) is 2.84. The summed E-state index contributed by atoms with van der Waals surface area (Å²) in [5, 5.41) is 4.19. The van der Waals surface area contributed by atoms with Crippen molar-refractivity contribution in [2.75, 3.05) is 23.7 Å². The van der Waals surface area contributed by atoms with Crippen LogP contribution >= 0.6 is 0 Å². The lowest BCUT2D eigenvalue weighted by Gasteiger charge is -2.23. The minimum absolute atomic E-state index is 0.798. The van der Waals surface area contributed by atoms with Gasteiger partial charge in [-0.15, -0.1) is 0 Å². The molecule has 1 aromatic heterocycles. The van der Waals surface area contributed by atoms with Gasteiger partial charge in [-0.05, 0) is 25.2 Å². The lowest BCUT2D eigenvalue weighted by atomic mass is 10.0. The molecule has 1 saturated heterocycles. The first-order chi connectivity index (χ1) is 7.18. The SMILES string of the molecule is CC1CCCN(c2c(N)cnn2C)CC1. The van der Waals surface area contributed by atoms with Crippen LogP contribution in [0.4, 0.5) is 11.5 Å². The van der Waals surface area contributed by atoms with E-state index in [1.165, 1.54) is 19.3 Å². The molecule has 1 aliphatic rings. The average Bonchev–Trinajstić information content (AvgIpc) is 2.41. The zero-order chi connectivity index (χ0) is 10.8. The van der Waals surface area contributed by atoms with E-state index in [9.17, 15) is 0 Å². The molecule has 1 fully saturated rings. The van der Waals surface area contributed by atoms with Crippen LogP contribution < -0.4 is 10.6 Å². The summed E-state index contributed by atoms with van der Waals surface area (Å²) < 4.78 is 1.88. The van der Waals surface area contributed by atoms with Crippen LogP contribution in [-0.2, 0) is 7.05 Å². The third-order valence-electron chi connectivity index (χ3n) is 3.25. The molecule has 1 atom stereocenters. The van der Waals surface area contributed by atoms with Gasteiger partial charge in [0.25, 0.3) is 0 Å². The molecule has 1 aliphatic heterocycles. The molecule has 0 spiro atoms. The predicted molar refractivity (Wildman–Crippen MR) is 62.8 cm³/mol. The quantitative estimate of drug-likeness (QED) is 0.763. The van der Waals surface area contributed by atoms with Gasteiger partial charge in [0.15, 0.2) is 0 Å². The Balaban J connectivity index is 2.16. The van der Waals surface area contributed by atoms with Crippen LogP contribution in [0.5, 0.6) is 0 Å². The molecular weight excluding hydrogens is 188 g/mol. The van der Waals surface area contributed by atoms with Crippen molar-refractivity contribution in [1.82, 2.24) is 9.78 Å². The number of hydrogen-bond acceptors (Lipinski definition) is 3. The van der Waals surface area contributed by atoms with Gasteiger partial charge in [0, 0.05) is 20.1 Å². The molecule has 1 unspecified atom stereocenters. The van der Waals surface area contributed by atoms with Crippen molar-refractivity contribution >= 4 is 11.5 Å². The Labute approximate surface area is 91.1 Å². The molecule has 1 aromatic rings. The van der Waals surface area contributed by atoms with Gasteiger partial charge in [-0.25, -0.2) is 0 Å². The molecule has 84 valence electrons. The first kappa shape index (κ1) is 10.3. The Morgan fingerprint density at radius 1 is 1.40 bits per heavy atom. The van der Waals surface area contributed by atoms with E-state index in [4.69, 9.17) is 5.73 Å². The Hall–Kier alpha value is -1.19. The molecule has 15 heavy (non-hydrogen) atoms. The highest BCUT2D eigenvalue weighted by Gasteiger charge is 2.18. The summed E-state index contributed by atoms with van der Waals surface area (Å²) >= 11 is 0. The van der Waals surface area contributed by atoms with E-state index in [-0.39, 0.29) is 0 Å². The lowest BCUT2D eigenvalue weighted by Crippen LogP contribution is -2.27. The fourth-order valence-corrected chi connectivity index (χ4v) is 2.31. The number of rotatable bonds is 1. The van der Waals surface area contributed by atoms with Crippen molar-refractivity contribution in [3.8, 4) is 0 Å². The van der Waals surface area contributed by atoms with Gasteiger partial charge < -0.3 is 10.6 Å². The van der Waals surface area contributed by atoms with Crippen molar-refractivity contribution in [3.05, 3.63) is 6.20 Å². The fraction of sp³-hybridized carbons (Fsp3) is 0.727. The summed E-state index contributed by atoms with van der Waals surface area (Å²) in [6.45, 7) is 4.54. The first-order valence-corrected chi connectivity index (χ1v) is 5.71. The van der Waals surface area contributed by atoms with E-state index in [2.05, 4.69) is 16.9 Å². The van der Waals surface area contributed by atoms with Crippen molar-refractivity contribution in [2.24, 2.45) is 13.0 Å². The van der Waals surface area contributed by atoms with Crippen LogP contribution in [0.25, 0.3) is 0 Å². The van der Waals surface area contributed by atoms with Crippen molar-refractivity contribution in [2.45, 2.75) is 26.2 Å². The highest BCUT2D eigenvalue weighted by Crippen LogP contribution is 2.26.